The van der Waals surface area contributed by atoms with Crippen molar-refractivity contribution in [2.75, 3.05) is 0 Å². The van der Waals surface area contributed by atoms with Gasteiger partial charge in [-0.05, 0) is 28.1 Å². The molecule has 0 N–H and O–H groups in total. The number of hydrogen-bond acceptors (Lipinski definition) is 4. The lowest BCUT2D eigenvalue weighted by atomic mass is 10.2. The summed E-state index contributed by atoms with van der Waals surface area (Å²) in [5.41, 5.74) is -0.0266. The van der Waals surface area contributed by atoms with Crippen LogP contribution >= 0.6 is 15.9 Å². The van der Waals surface area contributed by atoms with Crippen LogP contribution in [0.1, 0.15) is 5.56 Å². The molecule has 0 aliphatic heterocycles. The number of nitrogens with zero attached hydrogens (tertiary/aromatic N) is 3. The molecule has 4 nitrogen and oxygen atoms in total. The Morgan fingerprint density at radius 1 is 1.29 bits per heavy atom. The second kappa shape index (κ2) is 4.89. The molecule has 1 heterocycles. The Morgan fingerprint density at radius 3 is 2.76 bits per heavy atom. The zero-order valence-electron chi connectivity index (χ0n) is 8.39. The minimum Gasteiger partial charge on any atom is -0.439 e. The fourth-order valence-corrected chi connectivity index (χ4v) is 1.43. The van der Waals surface area contributed by atoms with Crippen LogP contribution < -0.4 is 4.74 Å². The topological polar surface area (TPSA) is 58.8 Å². The largest absolute Gasteiger partial charge is 0.439 e. The number of rotatable bonds is 2. The van der Waals surface area contributed by atoms with Gasteiger partial charge in [-0.25, -0.2) is 14.4 Å². The second-order valence-corrected chi connectivity index (χ2v) is 3.85. The van der Waals surface area contributed by atoms with Gasteiger partial charge in [-0.1, -0.05) is 0 Å². The molecule has 0 unspecified atom stereocenters. The van der Waals surface area contributed by atoms with Crippen LogP contribution in [0, 0.1) is 17.1 Å². The molecule has 0 aliphatic rings. The Morgan fingerprint density at radius 2 is 2.12 bits per heavy atom. The van der Waals surface area contributed by atoms with Gasteiger partial charge in [0.2, 0.25) is 5.88 Å². The average Bonchev–Trinajstić information content (AvgIpc) is 2.29. The highest BCUT2D eigenvalue weighted by Gasteiger charge is 2.05. The molecule has 0 saturated heterocycles. The van der Waals surface area contributed by atoms with Gasteiger partial charge >= 0.3 is 0 Å². The molecule has 84 valence electrons. The lowest BCUT2D eigenvalue weighted by molar-refractivity contribution is 0.456. The Hall–Kier alpha value is -2.00. The number of halogens is 2. The number of hydrogen-bond donors (Lipinski definition) is 0. The standard InChI is InChI=1S/C11H5BrFN3O/c12-10-4-11(16-6-15-10)17-8-2-1-7(5-14)9(13)3-8/h1-4,6H. The van der Waals surface area contributed by atoms with Crippen molar-refractivity contribution in [3.63, 3.8) is 0 Å². The van der Waals surface area contributed by atoms with Crippen molar-refractivity contribution in [2.24, 2.45) is 0 Å². The third-order valence-corrected chi connectivity index (χ3v) is 2.33. The van der Waals surface area contributed by atoms with Crippen LogP contribution in [0.4, 0.5) is 4.39 Å². The summed E-state index contributed by atoms with van der Waals surface area (Å²) in [6.45, 7) is 0. The molecule has 0 bridgehead atoms. The number of aromatic nitrogens is 2. The Balaban J connectivity index is 2.25. The smallest absolute Gasteiger partial charge is 0.223 e. The van der Waals surface area contributed by atoms with E-state index < -0.39 is 5.82 Å². The zero-order valence-corrected chi connectivity index (χ0v) is 9.98. The third kappa shape index (κ3) is 2.77. The maximum Gasteiger partial charge on any atom is 0.223 e. The molecule has 1 aromatic carbocycles. The molecule has 2 aromatic rings. The van der Waals surface area contributed by atoms with Crippen molar-refractivity contribution < 1.29 is 9.13 Å². The monoisotopic (exact) mass is 293 g/mol. The number of benzene rings is 1. The van der Waals surface area contributed by atoms with Crippen molar-refractivity contribution in [3.8, 4) is 17.7 Å². The summed E-state index contributed by atoms with van der Waals surface area (Å²) < 4.78 is 19.2. The molecule has 0 aliphatic carbocycles. The molecule has 0 spiro atoms. The Kier molecular flexibility index (Phi) is 3.30. The first-order valence-corrected chi connectivity index (χ1v) is 5.33. The molecule has 2 rings (SSSR count). The maximum absolute atomic E-state index is 13.3. The molecule has 0 fully saturated rings. The minimum absolute atomic E-state index is 0.0266. The Bertz CT molecular complexity index is 598. The van der Waals surface area contributed by atoms with Gasteiger partial charge < -0.3 is 4.74 Å². The molecule has 0 amide bonds. The minimum atomic E-state index is -0.627. The van der Waals surface area contributed by atoms with E-state index in [4.69, 9.17) is 10.00 Å². The van der Waals surface area contributed by atoms with Gasteiger partial charge in [0.15, 0.2) is 0 Å². The van der Waals surface area contributed by atoms with E-state index in [0.29, 0.717) is 4.60 Å². The first kappa shape index (κ1) is 11.5. The lowest BCUT2D eigenvalue weighted by Crippen LogP contribution is -1.91. The van der Waals surface area contributed by atoms with Gasteiger partial charge in [-0.3, -0.25) is 0 Å². The van der Waals surface area contributed by atoms with Crippen LogP contribution in [-0.2, 0) is 0 Å². The van der Waals surface area contributed by atoms with Gasteiger partial charge in [0.1, 0.15) is 28.6 Å². The van der Waals surface area contributed by atoms with E-state index in [9.17, 15) is 4.39 Å². The Labute approximate surface area is 105 Å². The third-order valence-electron chi connectivity index (χ3n) is 1.89. The summed E-state index contributed by atoms with van der Waals surface area (Å²) in [5.74, 6) is -0.0683. The number of nitriles is 1. The van der Waals surface area contributed by atoms with Crippen molar-refractivity contribution in [2.45, 2.75) is 0 Å². The number of ether oxygens (including phenoxy) is 1. The van der Waals surface area contributed by atoms with Crippen molar-refractivity contribution in [3.05, 3.63) is 46.6 Å². The van der Waals surface area contributed by atoms with E-state index in [1.54, 1.807) is 12.1 Å². The summed E-state index contributed by atoms with van der Waals surface area (Å²) in [7, 11) is 0. The summed E-state index contributed by atoms with van der Waals surface area (Å²) in [4.78, 5) is 7.69. The molecule has 17 heavy (non-hydrogen) atoms. The lowest BCUT2D eigenvalue weighted by Gasteiger charge is -2.04. The van der Waals surface area contributed by atoms with E-state index in [1.807, 2.05) is 0 Å². The fraction of sp³-hybridized carbons (Fsp3) is 0. The van der Waals surface area contributed by atoms with Crippen molar-refractivity contribution in [1.82, 2.24) is 9.97 Å². The quantitative estimate of drug-likeness (QED) is 0.799. The summed E-state index contributed by atoms with van der Waals surface area (Å²) in [6, 6.07) is 7.26. The highest BCUT2D eigenvalue weighted by molar-refractivity contribution is 9.10. The molecule has 0 radical (unpaired) electrons. The predicted octanol–water partition coefficient (Wildman–Crippen LogP) is 3.04. The highest BCUT2D eigenvalue weighted by atomic mass is 79.9. The van der Waals surface area contributed by atoms with E-state index in [1.165, 1.54) is 18.5 Å². The fourth-order valence-electron chi connectivity index (χ4n) is 1.14. The van der Waals surface area contributed by atoms with Gasteiger partial charge in [0.25, 0.3) is 0 Å². The first-order valence-electron chi connectivity index (χ1n) is 4.54. The van der Waals surface area contributed by atoms with Crippen LogP contribution in [0.3, 0.4) is 0 Å². The SMILES string of the molecule is N#Cc1ccc(Oc2cc(Br)ncn2)cc1F. The van der Waals surface area contributed by atoms with Gasteiger partial charge in [-0.15, -0.1) is 0 Å². The molecular formula is C11H5BrFN3O. The summed E-state index contributed by atoms with van der Waals surface area (Å²) in [6.07, 6.45) is 1.32. The molecule has 0 atom stereocenters. The summed E-state index contributed by atoms with van der Waals surface area (Å²) >= 11 is 3.16. The van der Waals surface area contributed by atoms with E-state index in [0.717, 1.165) is 6.07 Å². The van der Waals surface area contributed by atoms with E-state index in [2.05, 4.69) is 25.9 Å². The van der Waals surface area contributed by atoms with Crippen LogP contribution in [0.2, 0.25) is 0 Å². The summed E-state index contributed by atoms with van der Waals surface area (Å²) in [5, 5.41) is 8.58. The molecule has 0 saturated carbocycles. The second-order valence-electron chi connectivity index (χ2n) is 3.03. The van der Waals surface area contributed by atoms with Crippen LogP contribution in [0.5, 0.6) is 11.6 Å². The van der Waals surface area contributed by atoms with Gasteiger partial charge in [-0.2, -0.15) is 5.26 Å². The van der Waals surface area contributed by atoms with Crippen molar-refractivity contribution in [1.29, 1.82) is 5.26 Å². The van der Waals surface area contributed by atoms with E-state index >= 15 is 0 Å². The maximum atomic E-state index is 13.3. The van der Waals surface area contributed by atoms with Crippen LogP contribution in [0.15, 0.2) is 35.2 Å². The average molecular weight is 294 g/mol. The predicted molar refractivity (Wildman–Crippen MR) is 60.9 cm³/mol. The zero-order chi connectivity index (χ0) is 12.3. The van der Waals surface area contributed by atoms with Crippen LogP contribution in [0.25, 0.3) is 0 Å². The van der Waals surface area contributed by atoms with Crippen molar-refractivity contribution >= 4 is 15.9 Å². The normalized spacial score (nSPS) is 9.71. The molecule has 1 aromatic heterocycles. The van der Waals surface area contributed by atoms with Crippen LogP contribution in [-0.4, -0.2) is 9.97 Å². The van der Waals surface area contributed by atoms with Gasteiger partial charge in [0.05, 0.1) is 5.56 Å². The van der Waals surface area contributed by atoms with E-state index in [-0.39, 0.29) is 17.2 Å². The molecular weight excluding hydrogens is 289 g/mol. The first-order chi connectivity index (χ1) is 8.19. The van der Waals surface area contributed by atoms with Gasteiger partial charge in [0, 0.05) is 12.1 Å². The molecule has 6 heteroatoms. The highest BCUT2D eigenvalue weighted by Crippen LogP contribution is 2.22.